The van der Waals surface area contributed by atoms with Gasteiger partial charge in [0.15, 0.2) is 0 Å². The Morgan fingerprint density at radius 3 is 2.44 bits per heavy atom. The van der Waals surface area contributed by atoms with E-state index >= 15 is 0 Å². The van der Waals surface area contributed by atoms with Crippen molar-refractivity contribution in [2.24, 2.45) is 0 Å². The molecule has 4 aromatic rings. The molecule has 0 N–H and O–H groups in total. The maximum Gasteiger partial charge on any atom is 0.254 e. The summed E-state index contributed by atoms with van der Waals surface area (Å²) in [6.07, 6.45) is 0. The van der Waals surface area contributed by atoms with E-state index in [2.05, 4.69) is 0 Å². The summed E-state index contributed by atoms with van der Waals surface area (Å²) in [5, 5.41) is 0.850. The monoisotopic (exact) mass is 426 g/mol. The summed E-state index contributed by atoms with van der Waals surface area (Å²) in [6.45, 7) is 2.42. The van der Waals surface area contributed by atoms with Crippen molar-refractivity contribution in [2.75, 3.05) is 21.3 Å². The van der Waals surface area contributed by atoms with Crippen molar-refractivity contribution in [1.82, 2.24) is 9.88 Å². The molecule has 0 aliphatic carbocycles. The van der Waals surface area contributed by atoms with Crippen LogP contribution in [0, 0.1) is 6.92 Å². The molecule has 0 saturated heterocycles. The molecular weight excluding hydrogens is 400 g/mol. The second-order valence-electron chi connectivity index (χ2n) is 7.78. The molecule has 0 atom stereocenters. The predicted molar refractivity (Wildman–Crippen MR) is 127 cm³/mol. The van der Waals surface area contributed by atoms with Gasteiger partial charge in [0.1, 0.15) is 11.5 Å². The van der Waals surface area contributed by atoms with Gasteiger partial charge in [-0.1, -0.05) is 42.0 Å². The zero-order valence-electron chi connectivity index (χ0n) is 18.8. The number of hydrogen-bond donors (Lipinski definition) is 0. The van der Waals surface area contributed by atoms with E-state index in [1.807, 2.05) is 79.7 Å². The van der Waals surface area contributed by atoms with Gasteiger partial charge in [0.05, 0.1) is 31.0 Å². The van der Waals surface area contributed by atoms with Crippen LogP contribution >= 0.6 is 0 Å². The zero-order valence-corrected chi connectivity index (χ0v) is 18.8. The van der Waals surface area contributed by atoms with E-state index < -0.39 is 0 Å². The van der Waals surface area contributed by atoms with Crippen LogP contribution in [0.3, 0.4) is 0 Å². The van der Waals surface area contributed by atoms with Crippen LogP contribution in [0.4, 0.5) is 0 Å². The number of amides is 1. The average Bonchev–Trinajstić information content (AvgIpc) is 2.83. The van der Waals surface area contributed by atoms with Gasteiger partial charge in [-0.15, -0.1) is 0 Å². The second-order valence-corrected chi connectivity index (χ2v) is 7.78. The molecule has 0 aliphatic rings. The van der Waals surface area contributed by atoms with E-state index in [1.165, 1.54) is 0 Å². The molecule has 0 bridgehead atoms. The Balaban J connectivity index is 1.74. The number of carbonyl (C=O) groups excluding carboxylic acids is 1. The normalized spacial score (nSPS) is 10.8. The first kappa shape index (κ1) is 21.4. The number of ether oxygens (including phenoxy) is 2. The Kier molecular flexibility index (Phi) is 6.08. The number of benzene rings is 3. The molecule has 1 heterocycles. The summed E-state index contributed by atoms with van der Waals surface area (Å²) in [5.74, 6) is 1.32. The highest BCUT2D eigenvalue weighted by atomic mass is 16.5. The number of aromatic nitrogens is 1. The Labute approximate surface area is 188 Å². The van der Waals surface area contributed by atoms with E-state index in [0.29, 0.717) is 23.6 Å². The highest BCUT2D eigenvalue weighted by Gasteiger charge is 2.19. The molecule has 0 radical (unpaired) electrons. The topological polar surface area (TPSA) is 51.7 Å². The Bertz CT molecular complexity index is 1270. The largest absolute Gasteiger partial charge is 0.497 e. The smallest absolute Gasteiger partial charge is 0.254 e. The standard InChI is InChI=1S/C27H26N2O3/c1-18-10-13-24-22(14-18)23(16-25(28-24)19-8-6-5-7-9-19)27(30)29(2)17-20-11-12-21(31-3)15-26(20)32-4/h5-16H,17H2,1-4H3. The molecule has 162 valence electrons. The number of fused-ring (bicyclic) bond motifs is 1. The van der Waals surface area contributed by atoms with E-state index in [-0.39, 0.29) is 5.91 Å². The highest BCUT2D eigenvalue weighted by molar-refractivity contribution is 6.07. The van der Waals surface area contributed by atoms with E-state index in [4.69, 9.17) is 14.5 Å². The Morgan fingerprint density at radius 1 is 0.938 bits per heavy atom. The molecule has 4 rings (SSSR count). The van der Waals surface area contributed by atoms with E-state index in [0.717, 1.165) is 33.3 Å². The summed E-state index contributed by atoms with van der Waals surface area (Å²) < 4.78 is 10.8. The van der Waals surface area contributed by atoms with Crippen molar-refractivity contribution < 1.29 is 14.3 Å². The van der Waals surface area contributed by atoms with Crippen molar-refractivity contribution >= 4 is 16.8 Å². The lowest BCUT2D eigenvalue weighted by Gasteiger charge is -2.21. The summed E-state index contributed by atoms with van der Waals surface area (Å²) in [5.41, 5.74) is 5.18. The Morgan fingerprint density at radius 2 is 1.72 bits per heavy atom. The Hall–Kier alpha value is -3.86. The van der Waals surface area contributed by atoms with Crippen LogP contribution in [0.25, 0.3) is 22.2 Å². The highest BCUT2D eigenvalue weighted by Crippen LogP contribution is 2.29. The molecule has 5 heteroatoms. The van der Waals surface area contributed by atoms with Crippen LogP contribution in [0.15, 0.2) is 72.8 Å². The third-order valence-electron chi connectivity index (χ3n) is 5.51. The summed E-state index contributed by atoms with van der Waals surface area (Å²) in [6, 6.07) is 23.4. The van der Waals surface area contributed by atoms with Crippen LogP contribution < -0.4 is 9.47 Å². The minimum atomic E-state index is -0.0712. The molecule has 32 heavy (non-hydrogen) atoms. The van der Waals surface area contributed by atoms with Crippen LogP contribution in [0.5, 0.6) is 11.5 Å². The van der Waals surface area contributed by atoms with Gasteiger partial charge in [-0.25, -0.2) is 4.98 Å². The fourth-order valence-corrected chi connectivity index (χ4v) is 3.79. The van der Waals surface area contributed by atoms with Gasteiger partial charge >= 0.3 is 0 Å². The lowest BCUT2D eigenvalue weighted by molar-refractivity contribution is 0.0786. The van der Waals surface area contributed by atoms with Crippen molar-refractivity contribution in [3.8, 4) is 22.8 Å². The van der Waals surface area contributed by atoms with E-state index in [1.54, 1.807) is 26.2 Å². The first-order valence-electron chi connectivity index (χ1n) is 10.4. The summed E-state index contributed by atoms with van der Waals surface area (Å²) in [4.78, 5) is 20.1. The zero-order chi connectivity index (χ0) is 22.7. The van der Waals surface area contributed by atoms with Crippen molar-refractivity contribution in [3.05, 3.63) is 89.5 Å². The molecule has 0 unspecified atom stereocenters. The molecule has 1 aromatic heterocycles. The van der Waals surface area contributed by atoms with Crippen LogP contribution in [0.2, 0.25) is 0 Å². The van der Waals surface area contributed by atoms with E-state index in [9.17, 15) is 4.79 Å². The maximum atomic E-state index is 13.6. The number of hydrogen-bond acceptors (Lipinski definition) is 4. The van der Waals surface area contributed by atoms with Crippen LogP contribution in [-0.4, -0.2) is 37.1 Å². The van der Waals surface area contributed by atoms with Crippen molar-refractivity contribution in [2.45, 2.75) is 13.5 Å². The number of carbonyl (C=O) groups is 1. The number of nitrogens with zero attached hydrogens (tertiary/aromatic N) is 2. The molecule has 5 nitrogen and oxygen atoms in total. The van der Waals surface area contributed by atoms with Gasteiger partial charge in [-0.3, -0.25) is 4.79 Å². The first-order chi connectivity index (χ1) is 15.5. The second kappa shape index (κ2) is 9.10. The van der Waals surface area contributed by atoms with Gasteiger partial charge in [0.2, 0.25) is 0 Å². The van der Waals surface area contributed by atoms with Gasteiger partial charge < -0.3 is 14.4 Å². The third kappa shape index (κ3) is 4.28. The number of pyridine rings is 1. The van der Waals surface area contributed by atoms with Gasteiger partial charge in [-0.2, -0.15) is 0 Å². The number of rotatable bonds is 6. The van der Waals surface area contributed by atoms with Gasteiger partial charge in [0, 0.05) is 36.2 Å². The number of methoxy groups -OCH3 is 2. The SMILES string of the molecule is COc1ccc(CN(C)C(=O)c2cc(-c3ccccc3)nc3ccc(C)cc23)c(OC)c1. The molecule has 0 aliphatic heterocycles. The lowest BCUT2D eigenvalue weighted by Crippen LogP contribution is -2.26. The first-order valence-corrected chi connectivity index (χ1v) is 10.4. The van der Waals surface area contributed by atoms with Crippen molar-refractivity contribution in [3.63, 3.8) is 0 Å². The minimum absolute atomic E-state index is 0.0712. The fourth-order valence-electron chi connectivity index (χ4n) is 3.79. The number of aryl methyl sites for hydroxylation is 1. The molecule has 0 spiro atoms. The van der Waals surface area contributed by atoms with Crippen LogP contribution in [0.1, 0.15) is 21.5 Å². The summed E-state index contributed by atoms with van der Waals surface area (Å²) >= 11 is 0. The van der Waals surface area contributed by atoms with Crippen molar-refractivity contribution in [1.29, 1.82) is 0 Å². The fraction of sp³-hybridized carbons (Fsp3) is 0.185. The molecule has 3 aromatic carbocycles. The van der Waals surface area contributed by atoms with Crippen LogP contribution in [-0.2, 0) is 6.54 Å². The molecular formula is C27H26N2O3. The average molecular weight is 427 g/mol. The minimum Gasteiger partial charge on any atom is -0.497 e. The predicted octanol–water partition coefficient (Wildman–Crippen LogP) is 5.50. The van der Waals surface area contributed by atoms with Gasteiger partial charge in [-0.05, 0) is 37.3 Å². The van der Waals surface area contributed by atoms with Gasteiger partial charge in [0.25, 0.3) is 5.91 Å². The maximum absolute atomic E-state index is 13.6. The lowest BCUT2D eigenvalue weighted by atomic mass is 10.0. The quantitative estimate of drug-likeness (QED) is 0.409. The molecule has 1 amide bonds. The summed E-state index contributed by atoms with van der Waals surface area (Å²) in [7, 11) is 5.03. The molecule has 0 saturated carbocycles. The molecule has 0 fully saturated rings. The third-order valence-corrected chi connectivity index (χ3v) is 5.51.